The maximum absolute atomic E-state index is 13.2. The van der Waals surface area contributed by atoms with Crippen molar-refractivity contribution < 1.29 is 14.6 Å². The number of thiol groups is 1. The van der Waals surface area contributed by atoms with Crippen molar-refractivity contribution in [3.05, 3.63) is 34.1 Å². The molecule has 0 radical (unpaired) electrons. The molecule has 1 aromatic carbocycles. The number of hydrogen-bond acceptors (Lipinski definition) is 3. The molecule has 0 spiro atoms. The summed E-state index contributed by atoms with van der Waals surface area (Å²) in [6.45, 7) is 0. The summed E-state index contributed by atoms with van der Waals surface area (Å²) in [7, 11) is 0. The minimum absolute atomic E-state index is 0.0703. The van der Waals surface area contributed by atoms with Crippen LogP contribution in [0.5, 0.6) is 0 Å². The minimum Gasteiger partial charge on any atom is -0.389 e. The molecule has 1 aromatic rings. The molecule has 0 heterocycles. The van der Waals surface area contributed by atoms with Crippen LogP contribution in [-0.2, 0) is 0 Å². The van der Waals surface area contributed by atoms with Gasteiger partial charge in [-0.15, -0.1) is 0 Å². The summed E-state index contributed by atoms with van der Waals surface area (Å²) >= 11 is 6.98. The number of aliphatic hydroxyl groups excluding tert-OH is 2. The highest BCUT2D eigenvalue weighted by Crippen LogP contribution is 2.24. The van der Waals surface area contributed by atoms with E-state index in [2.05, 4.69) is 28.6 Å². The van der Waals surface area contributed by atoms with E-state index in [4.69, 9.17) is 0 Å². The molecule has 2 unspecified atom stereocenters. The summed E-state index contributed by atoms with van der Waals surface area (Å²) in [4.78, 5) is 0. The lowest BCUT2D eigenvalue weighted by molar-refractivity contribution is 0.0314. The third-order valence-corrected chi connectivity index (χ3v) is 2.70. The standard InChI is InChI=1S/C9H10BrFO2S/c10-5-1-2-7(11)6(3-5)9(13)8(12)4-14/h1-3,8-9,12-14H,4H2. The van der Waals surface area contributed by atoms with Gasteiger partial charge in [-0.25, -0.2) is 4.39 Å². The Morgan fingerprint density at radius 1 is 1.43 bits per heavy atom. The van der Waals surface area contributed by atoms with Crippen LogP contribution in [-0.4, -0.2) is 22.1 Å². The number of hydrogen-bond donors (Lipinski definition) is 3. The fraction of sp³-hybridized carbons (Fsp3) is 0.333. The summed E-state index contributed by atoms with van der Waals surface area (Å²) in [6.07, 6.45) is -2.31. The molecule has 0 bridgehead atoms. The molecule has 0 saturated carbocycles. The molecule has 0 amide bonds. The second-order valence-corrected chi connectivity index (χ2v) is 4.14. The lowest BCUT2D eigenvalue weighted by Crippen LogP contribution is -2.20. The van der Waals surface area contributed by atoms with E-state index in [0.717, 1.165) is 0 Å². The Kier molecular flexibility index (Phi) is 4.37. The lowest BCUT2D eigenvalue weighted by atomic mass is 10.1. The van der Waals surface area contributed by atoms with Gasteiger partial charge in [-0.1, -0.05) is 15.9 Å². The van der Waals surface area contributed by atoms with E-state index in [1.54, 1.807) is 0 Å². The molecule has 14 heavy (non-hydrogen) atoms. The van der Waals surface area contributed by atoms with E-state index >= 15 is 0 Å². The second kappa shape index (κ2) is 5.11. The van der Waals surface area contributed by atoms with Gasteiger partial charge in [0.1, 0.15) is 11.9 Å². The van der Waals surface area contributed by atoms with E-state index < -0.39 is 18.0 Å². The molecule has 0 fully saturated rings. The van der Waals surface area contributed by atoms with E-state index in [9.17, 15) is 14.6 Å². The Morgan fingerprint density at radius 2 is 2.07 bits per heavy atom. The van der Waals surface area contributed by atoms with Gasteiger partial charge >= 0.3 is 0 Å². The Balaban J connectivity index is 2.99. The van der Waals surface area contributed by atoms with Gasteiger partial charge in [-0.2, -0.15) is 12.6 Å². The van der Waals surface area contributed by atoms with Crippen LogP contribution < -0.4 is 0 Å². The van der Waals surface area contributed by atoms with Crippen LogP contribution in [0.2, 0.25) is 0 Å². The van der Waals surface area contributed by atoms with Gasteiger partial charge in [0.05, 0.1) is 6.10 Å². The van der Waals surface area contributed by atoms with Crippen LogP contribution >= 0.6 is 28.6 Å². The van der Waals surface area contributed by atoms with Crippen molar-refractivity contribution in [1.82, 2.24) is 0 Å². The van der Waals surface area contributed by atoms with E-state index in [0.29, 0.717) is 4.47 Å². The summed E-state index contributed by atoms with van der Waals surface area (Å²) in [5.74, 6) is -0.464. The number of benzene rings is 1. The Labute approximate surface area is 95.3 Å². The van der Waals surface area contributed by atoms with Crippen molar-refractivity contribution in [2.45, 2.75) is 12.2 Å². The van der Waals surface area contributed by atoms with Gasteiger partial charge in [0, 0.05) is 15.8 Å². The van der Waals surface area contributed by atoms with E-state index in [1.807, 2.05) is 0 Å². The Hall–Kier alpha value is -0.100. The average molecular weight is 281 g/mol. The molecule has 2 nitrogen and oxygen atoms in total. The molecule has 2 atom stereocenters. The summed E-state index contributed by atoms with van der Waals surface area (Å²) in [5, 5.41) is 18.8. The molecule has 78 valence electrons. The van der Waals surface area contributed by atoms with E-state index in [1.165, 1.54) is 18.2 Å². The highest BCUT2D eigenvalue weighted by atomic mass is 79.9. The minimum atomic E-state index is -1.25. The first kappa shape index (κ1) is 12.0. The molecular formula is C9H10BrFO2S. The van der Waals surface area contributed by atoms with Crippen LogP contribution in [0.15, 0.2) is 22.7 Å². The molecule has 5 heteroatoms. The number of halogens is 2. The second-order valence-electron chi connectivity index (χ2n) is 2.86. The van der Waals surface area contributed by atoms with Crippen LogP contribution in [0.4, 0.5) is 4.39 Å². The number of rotatable bonds is 3. The predicted molar refractivity (Wildman–Crippen MR) is 58.9 cm³/mol. The first-order valence-corrected chi connectivity index (χ1v) is 5.40. The van der Waals surface area contributed by atoms with Gasteiger partial charge in [-0.05, 0) is 18.2 Å². The SMILES string of the molecule is OC(CS)C(O)c1cc(Br)ccc1F. The number of aliphatic hydroxyl groups is 2. The third-order valence-electron chi connectivity index (χ3n) is 1.83. The van der Waals surface area contributed by atoms with Crippen molar-refractivity contribution >= 4 is 28.6 Å². The normalized spacial score (nSPS) is 15.2. The maximum Gasteiger partial charge on any atom is 0.129 e. The van der Waals surface area contributed by atoms with Gasteiger partial charge in [0.25, 0.3) is 0 Å². The first-order valence-electron chi connectivity index (χ1n) is 3.98. The monoisotopic (exact) mass is 280 g/mol. The van der Waals surface area contributed by atoms with E-state index in [-0.39, 0.29) is 11.3 Å². The van der Waals surface area contributed by atoms with Crippen LogP contribution in [0, 0.1) is 5.82 Å². The smallest absolute Gasteiger partial charge is 0.129 e. The van der Waals surface area contributed by atoms with Crippen LogP contribution in [0.1, 0.15) is 11.7 Å². The molecule has 0 aliphatic rings. The van der Waals surface area contributed by atoms with Crippen molar-refractivity contribution in [3.63, 3.8) is 0 Å². The largest absolute Gasteiger partial charge is 0.389 e. The summed E-state index contributed by atoms with van der Waals surface area (Å²) in [5.41, 5.74) is 0.0703. The van der Waals surface area contributed by atoms with Crippen molar-refractivity contribution in [1.29, 1.82) is 0 Å². The first-order chi connectivity index (χ1) is 6.56. The third kappa shape index (κ3) is 2.70. The molecule has 2 N–H and O–H groups in total. The zero-order chi connectivity index (χ0) is 10.7. The highest BCUT2D eigenvalue weighted by molar-refractivity contribution is 9.10. The molecule has 1 rings (SSSR count). The fourth-order valence-electron chi connectivity index (χ4n) is 1.05. The van der Waals surface area contributed by atoms with Gasteiger partial charge in [-0.3, -0.25) is 0 Å². The molecule has 0 aromatic heterocycles. The molecule has 0 saturated heterocycles. The summed E-state index contributed by atoms with van der Waals surface area (Å²) < 4.78 is 13.9. The van der Waals surface area contributed by atoms with Crippen LogP contribution in [0.25, 0.3) is 0 Å². The van der Waals surface area contributed by atoms with Crippen molar-refractivity contribution in [2.24, 2.45) is 0 Å². The van der Waals surface area contributed by atoms with Gasteiger partial charge in [0.15, 0.2) is 0 Å². The van der Waals surface area contributed by atoms with Gasteiger partial charge < -0.3 is 10.2 Å². The lowest BCUT2D eigenvalue weighted by Gasteiger charge is -2.16. The molecule has 0 aliphatic heterocycles. The van der Waals surface area contributed by atoms with Crippen molar-refractivity contribution in [3.8, 4) is 0 Å². The fourth-order valence-corrected chi connectivity index (χ4v) is 1.63. The predicted octanol–water partition coefficient (Wildman–Crippen LogP) is 1.91. The molecular weight excluding hydrogens is 271 g/mol. The maximum atomic E-state index is 13.2. The van der Waals surface area contributed by atoms with Crippen LogP contribution in [0.3, 0.4) is 0 Å². The Bertz CT molecular complexity index is 322. The quantitative estimate of drug-likeness (QED) is 0.741. The summed E-state index contributed by atoms with van der Waals surface area (Å²) in [6, 6.07) is 4.19. The van der Waals surface area contributed by atoms with Gasteiger partial charge in [0.2, 0.25) is 0 Å². The van der Waals surface area contributed by atoms with Crippen molar-refractivity contribution in [2.75, 3.05) is 5.75 Å². The Morgan fingerprint density at radius 3 is 2.64 bits per heavy atom. The zero-order valence-corrected chi connectivity index (χ0v) is 9.67. The topological polar surface area (TPSA) is 40.5 Å². The highest BCUT2D eigenvalue weighted by Gasteiger charge is 2.20. The average Bonchev–Trinajstić information content (AvgIpc) is 2.19. The molecule has 0 aliphatic carbocycles. The zero-order valence-electron chi connectivity index (χ0n) is 7.19.